The summed E-state index contributed by atoms with van der Waals surface area (Å²) in [5, 5.41) is 2.76. The Morgan fingerprint density at radius 3 is 1.86 bits per heavy atom. The summed E-state index contributed by atoms with van der Waals surface area (Å²) in [7, 11) is 0. The second-order valence-electron chi connectivity index (χ2n) is 9.17. The number of amides is 1. The Hall–Kier alpha value is -2.58. The second-order valence-corrected chi connectivity index (χ2v) is 9.17. The van der Waals surface area contributed by atoms with Crippen LogP contribution in [0.4, 0.5) is 16.4 Å². The van der Waals surface area contributed by atoms with Gasteiger partial charge in [0.2, 0.25) is 0 Å². The number of anilines is 2. The molecule has 0 spiro atoms. The molecule has 1 amide bonds. The largest absolute Gasteiger partial charge is 0.444 e. The van der Waals surface area contributed by atoms with Crippen LogP contribution in [0.15, 0.2) is 24.3 Å². The van der Waals surface area contributed by atoms with E-state index in [-0.39, 0.29) is 19.8 Å². The van der Waals surface area contributed by atoms with Crippen molar-refractivity contribution in [3.8, 4) is 0 Å². The normalized spacial score (nSPS) is 14.4. The molecule has 0 aliphatic heterocycles. The zero-order chi connectivity index (χ0) is 25.3. The van der Waals surface area contributed by atoms with Gasteiger partial charge in [-0.15, -0.1) is 12.4 Å². The van der Waals surface area contributed by atoms with Gasteiger partial charge >= 0.3 is 6.09 Å². The summed E-state index contributed by atoms with van der Waals surface area (Å²) in [5.41, 5.74) is 20.7. The Kier molecular flexibility index (Phi) is 12.8. The number of ether oxygens (including phenoxy) is 1. The van der Waals surface area contributed by atoms with E-state index < -0.39 is 11.7 Å². The monoisotopic (exact) mass is 509 g/mol. The fourth-order valence-corrected chi connectivity index (χ4v) is 3.26. The number of alkyl carbamates (subject to hydrolysis) is 1. The number of nitrogen functional groups attached to an aromatic ring is 2. The molecule has 198 valence electrons. The molecule has 35 heavy (non-hydrogen) atoms. The molecule has 0 aromatic carbocycles. The molecule has 2 aliphatic carbocycles. The SMILES string of the molecule is C.CC(C)(C)OC(=O)NCc1ccc(N)nc1C1CC1.Cl.NCc1ccc(N)nc1C1CC1.[2H]CC. The maximum atomic E-state index is 11.6. The predicted octanol–water partition coefficient (Wildman–Crippen LogP) is 5.65. The number of halogens is 1. The van der Waals surface area contributed by atoms with E-state index in [0.717, 1.165) is 35.4 Å². The topological polar surface area (TPSA) is 142 Å². The van der Waals surface area contributed by atoms with E-state index in [2.05, 4.69) is 15.3 Å². The van der Waals surface area contributed by atoms with Crippen LogP contribution in [0.1, 0.15) is 103 Å². The van der Waals surface area contributed by atoms with Crippen LogP contribution in [0, 0.1) is 0 Å². The molecule has 2 aromatic rings. The van der Waals surface area contributed by atoms with E-state index in [1.54, 1.807) is 13.0 Å². The van der Waals surface area contributed by atoms with Crippen molar-refractivity contribution in [2.24, 2.45) is 5.73 Å². The quantitative estimate of drug-likeness (QED) is 0.407. The predicted molar refractivity (Wildman–Crippen MR) is 148 cm³/mol. The lowest BCUT2D eigenvalue weighted by molar-refractivity contribution is 0.0523. The zero-order valence-electron chi connectivity index (χ0n) is 21.8. The Morgan fingerprint density at radius 1 is 1.03 bits per heavy atom. The van der Waals surface area contributed by atoms with Crippen LogP contribution < -0.4 is 22.5 Å². The Labute approximate surface area is 218 Å². The second kappa shape index (κ2) is 14.7. The number of carbonyl (C=O) groups excluding carboxylic acids is 1. The smallest absolute Gasteiger partial charge is 0.407 e. The third kappa shape index (κ3) is 11.1. The van der Waals surface area contributed by atoms with Crippen LogP contribution in [0.3, 0.4) is 0 Å². The first kappa shape index (κ1) is 30.5. The average Bonchev–Trinajstić information content (AvgIpc) is 3.66. The summed E-state index contributed by atoms with van der Waals surface area (Å²) in [6, 6.07) is 7.48. The highest BCUT2D eigenvalue weighted by atomic mass is 35.5. The molecule has 0 unspecified atom stereocenters. The number of hydrogen-bond donors (Lipinski definition) is 4. The number of rotatable bonds is 5. The van der Waals surface area contributed by atoms with Crippen molar-refractivity contribution < 1.29 is 10.9 Å². The number of aromatic nitrogens is 2. The van der Waals surface area contributed by atoms with Gasteiger partial charge < -0.3 is 27.3 Å². The molecular weight excluding hydrogens is 464 g/mol. The van der Waals surface area contributed by atoms with Gasteiger partial charge in [-0.2, -0.15) is 0 Å². The van der Waals surface area contributed by atoms with E-state index in [9.17, 15) is 4.79 Å². The summed E-state index contributed by atoms with van der Waals surface area (Å²) in [6.07, 6.45) is 4.37. The van der Waals surface area contributed by atoms with Gasteiger partial charge in [-0.1, -0.05) is 33.4 Å². The molecule has 9 heteroatoms. The number of hydrogen-bond acceptors (Lipinski definition) is 7. The third-order valence-corrected chi connectivity index (χ3v) is 5.04. The molecule has 2 aromatic heterocycles. The van der Waals surface area contributed by atoms with E-state index in [0.29, 0.717) is 43.5 Å². The van der Waals surface area contributed by atoms with Crippen molar-refractivity contribution in [2.75, 3.05) is 11.5 Å². The van der Waals surface area contributed by atoms with Crippen molar-refractivity contribution in [2.45, 2.75) is 98.2 Å². The standard InChI is InChI=1S/C14H21N3O2.C9H13N3.C2H6.CH4.ClH/c1-14(2,3)19-13(18)16-8-10-6-7-11(15)17-12(10)9-4-5-9;10-5-7-3-4-8(11)12-9(7)6-1-2-6;1-2;;/h6-7,9H,4-5,8H2,1-3H3,(H2,15,17)(H,16,18);3-4,6H,1-2,5,10H2,(H2,11,12);1-2H3;1H4;1H/i;;1D;;. The van der Waals surface area contributed by atoms with E-state index in [4.69, 9.17) is 23.3 Å². The molecule has 0 saturated heterocycles. The van der Waals surface area contributed by atoms with Crippen LogP contribution in [-0.2, 0) is 17.8 Å². The first-order valence-corrected chi connectivity index (χ1v) is 11.5. The molecule has 2 saturated carbocycles. The minimum Gasteiger partial charge on any atom is -0.444 e. The van der Waals surface area contributed by atoms with Crippen LogP contribution in [0.25, 0.3) is 0 Å². The summed E-state index contributed by atoms with van der Waals surface area (Å²) < 4.78 is 11.4. The molecule has 2 aliphatic rings. The number of nitrogens with one attached hydrogen (secondary N) is 1. The number of pyridine rings is 2. The maximum Gasteiger partial charge on any atom is 0.407 e. The van der Waals surface area contributed by atoms with Gasteiger partial charge in [0.25, 0.3) is 0 Å². The summed E-state index contributed by atoms with van der Waals surface area (Å²) in [5.74, 6) is 2.27. The van der Waals surface area contributed by atoms with Crippen molar-refractivity contribution in [1.82, 2.24) is 15.3 Å². The van der Waals surface area contributed by atoms with Gasteiger partial charge in [-0.25, -0.2) is 14.8 Å². The van der Waals surface area contributed by atoms with Crippen LogP contribution in [0.5, 0.6) is 0 Å². The molecule has 8 nitrogen and oxygen atoms in total. The Bertz CT molecular complexity index is 947. The minimum atomic E-state index is -0.483. The fourth-order valence-electron chi connectivity index (χ4n) is 3.26. The Morgan fingerprint density at radius 2 is 1.46 bits per heavy atom. The molecule has 2 heterocycles. The van der Waals surface area contributed by atoms with Gasteiger partial charge in [0, 0.05) is 26.3 Å². The van der Waals surface area contributed by atoms with Gasteiger partial charge in [-0.3, -0.25) is 0 Å². The maximum absolute atomic E-state index is 11.6. The van der Waals surface area contributed by atoms with E-state index in [1.165, 1.54) is 12.8 Å². The van der Waals surface area contributed by atoms with Crippen molar-refractivity contribution in [3.63, 3.8) is 0 Å². The highest BCUT2D eigenvalue weighted by molar-refractivity contribution is 5.85. The Balaban J connectivity index is 0.000000623. The number of carbonyl (C=O) groups is 1. The van der Waals surface area contributed by atoms with Crippen molar-refractivity contribution in [1.29, 1.82) is 0 Å². The fraction of sp³-hybridized carbons (Fsp3) is 0.577. The van der Waals surface area contributed by atoms with Gasteiger partial charge in [0.1, 0.15) is 17.2 Å². The van der Waals surface area contributed by atoms with Gasteiger partial charge in [0.15, 0.2) is 0 Å². The molecule has 0 radical (unpaired) electrons. The molecule has 0 bridgehead atoms. The molecule has 2 fully saturated rings. The summed E-state index contributed by atoms with van der Waals surface area (Å²) in [4.78, 5) is 20.3. The first-order valence-electron chi connectivity index (χ1n) is 12.2. The van der Waals surface area contributed by atoms with Crippen LogP contribution >= 0.6 is 12.4 Å². The van der Waals surface area contributed by atoms with E-state index in [1.807, 2.05) is 39.0 Å². The summed E-state index contributed by atoms with van der Waals surface area (Å²) in [6.45, 7) is 8.81. The van der Waals surface area contributed by atoms with Crippen molar-refractivity contribution in [3.05, 3.63) is 46.8 Å². The number of nitrogens with two attached hydrogens (primary N) is 3. The van der Waals surface area contributed by atoms with E-state index >= 15 is 0 Å². The highest BCUT2D eigenvalue weighted by Gasteiger charge is 2.28. The first-order chi connectivity index (χ1) is 16.1. The summed E-state index contributed by atoms with van der Waals surface area (Å²) >= 11 is 0. The van der Waals surface area contributed by atoms with Gasteiger partial charge in [-0.05, 0) is 69.7 Å². The van der Waals surface area contributed by atoms with Crippen LogP contribution in [0.2, 0.25) is 0 Å². The lowest BCUT2D eigenvalue weighted by atomic mass is 10.1. The zero-order valence-corrected chi connectivity index (χ0v) is 21.6. The third-order valence-electron chi connectivity index (χ3n) is 5.04. The minimum absolute atomic E-state index is 0. The molecule has 7 N–H and O–H groups in total. The molecule has 0 atom stereocenters. The van der Waals surface area contributed by atoms with Gasteiger partial charge in [0.05, 0.1) is 11.4 Å². The molecular formula is C26H45ClN6O2. The average molecular weight is 510 g/mol. The molecule has 4 rings (SSSR count). The van der Waals surface area contributed by atoms with Crippen LogP contribution in [-0.4, -0.2) is 21.7 Å². The number of nitrogens with zero attached hydrogens (tertiary/aromatic N) is 2. The highest BCUT2D eigenvalue weighted by Crippen LogP contribution is 2.41. The lowest BCUT2D eigenvalue weighted by Crippen LogP contribution is -2.32. The van der Waals surface area contributed by atoms with Crippen molar-refractivity contribution >= 4 is 30.1 Å². The lowest BCUT2D eigenvalue weighted by Gasteiger charge is -2.20.